The molecular weight excluding hydrogens is 592 g/mol. The quantitative estimate of drug-likeness (QED) is 0.335. The number of rotatable bonds is 8. The number of carboxylic acids is 1. The van der Waals surface area contributed by atoms with E-state index in [1.165, 1.54) is 17.4 Å². The molecule has 2 aromatic rings. The van der Waals surface area contributed by atoms with Crippen LogP contribution in [0.2, 0.25) is 0 Å². The summed E-state index contributed by atoms with van der Waals surface area (Å²) in [5.41, 5.74) is 2.07. The molecule has 1 aromatic heterocycles. The fraction of sp³-hybridized carbons (Fsp3) is 0.500. The zero-order valence-electron chi connectivity index (χ0n) is 24.2. The van der Waals surface area contributed by atoms with Gasteiger partial charge in [-0.3, -0.25) is 14.7 Å². The van der Waals surface area contributed by atoms with Crippen LogP contribution in [0.4, 0.5) is 4.39 Å². The van der Waals surface area contributed by atoms with Crippen molar-refractivity contribution >= 4 is 46.4 Å². The molecule has 4 atom stereocenters. The lowest BCUT2D eigenvalue weighted by Gasteiger charge is -2.39. The molecule has 3 fully saturated rings. The number of halogens is 1. The van der Waals surface area contributed by atoms with Gasteiger partial charge < -0.3 is 25.0 Å². The van der Waals surface area contributed by atoms with Crippen molar-refractivity contribution in [1.29, 1.82) is 0 Å². The number of hydrogen-bond donors (Lipinski definition) is 2. The second-order valence-electron chi connectivity index (χ2n) is 11.4. The molecule has 1 aliphatic carbocycles. The van der Waals surface area contributed by atoms with Crippen LogP contribution >= 0.6 is 23.6 Å². The highest BCUT2D eigenvalue weighted by Crippen LogP contribution is 2.37. The summed E-state index contributed by atoms with van der Waals surface area (Å²) in [6.45, 7) is 7.03. The minimum atomic E-state index is -0.759. The Morgan fingerprint density at radius 1 is 1.21 bits per heavy atom. The maximum absolute atomic E-state index is 14.7. The minimum absolute atomic E-state index is 0.151. The average Bonchev–Trinajstić information content (AvgIpc) is 3.75. The highest BCUT2D eigenvalue weighted by molar-refractivity contribution is 7.80. The Balaban J connectivity index is 1.28. The fourth-order valence-electron chi connectivity index (χ4n) is 6.70. The number of thiocarbonyl (C=S) groups is 1. The Labute approximate surface area is 259 Å². The van der Waals surface area contributed by atoms with E-state index in [0.717, 1.165) is 37.7 Å². The molecule has 0 radical (unpaired) electrons. The smallest absolute Gasteiger partial charge is 0.338 e. The van der Waals surface area contributed by atoms with Crippen LogP contribution in [0.5, 0.6) is 0 Å². The molecule has 4 heterocycles. The van der Waals surface area contributed by atoms with E-state index >= 15 is 0 Å². The number of benzene rings is 1. The summed E-state index contributed by atoms with van der Waals surface area (Å²) >= 11 is 7.30. The van der Waals surface area contributed by atoms with Gasteiger partial charge in [0, 0.05) is 56.0 Å². The van der Waals surface area contributed by atoms with Crippen LogP contribution in [0, 0.1) is 18.7 Å². The van der Waals surface area contributed by atoms with E-state index in [9.17, 15) is 19.1 Å². The number of carbonyl (C=O) groups excluding carboxylic acids is 1. The third kappa shape index (κ3) is 5.77. The number of nitrogens with one attached hydrogen (secondary N) is 1. The molecule has 10 nitrogen and oxygen atoms in total. The minimum Gasteiger partial charge on any atom is -0.481 e. The highest BCUT2D eigenvalue weighted by atomic mass is 32.1. The molecule has 2 N–H and O–H groups in total. The third-order valence-electron chi connectivity index (χ3n) is 8.90. The van der Waals surface area contributed by atoms with E-state index in [-0.39, 0.29) is 30.4 Å². The first-order valence-corrected chi connectivity index (χ1v) is 16.0. The number of hydrogen-bond acceptors (Lipinski definition) is 9. The van der Waals surface area contributed by atoms with E-state index in [1.807, 2.05) is 5.38 Å². The molecule has 4 aliphatic rings. The number of thiazole rings is 1. The molecule has 1 saturated carbocycles. The third-order valence-corrected chi connectivity index (χ3v) is 10.2. The molecule has 0 amide bonds. The van der Waals surface area contributed by atoms with Crippen LogP contribution in [0.1, 0.15) is 48.4 Å². The van der Waals surface area contributed by atoms with Crippen LogP contribution < -0.4 is 5.32 Å². The van der Waals surface area contributed by atoms with Gasteiger partial charge in [0.05, 0.1) is 24.1 Å². The first kappa shape index (κ1) is 29.6. The van der Waals surface area contributed by atoms with Gasteiger partial charge in [-0.2, -0.15) is 0 Å². The number of aromatic nitrogens is 1. The molecule has 3 aliphatic heterocycles. The van der Waals surface area contributed by atoms with Crippen LogP contribution in [0.3, 0.4) is 0 Å². The summed E-state index contributed by atoms with van der Waals surface area (Å²) in [6, 6.07) is 4.40. The lowest BCUT2D eigenvalue weighted by atomic mass is 9.92. The molecule has 2 saturated heterocycles. The monoisotopic (exact) mass is 626 g/mol. The lowest BCUT2D eigenvalue weighted by Crippen LogP contribution is -2.53. The van der Waals surface area contributed by atoms with E-state index in [0.29, 0.717) is 52.6 Å². The zero-order valence-corrected chi connectivity index (χ0v) is 25.8. The van der Waals surface area contributed by atoms with Crippen LogP contribution in [-0.2, 0) is 14.3 Å². The number of esters is 1. The van der Waals surface area contributed by atoms with Crippen molar-refractivity contribution in [2.75, 3.05) is 39.3 Å². The molecule has 13 heteroatoms. The Bertz CT molecular complexity index is 1480. The summed E-state index contributed by atoms with van der Waals surface area (Å²) in [4.78, 5) is 41.2. The van der Waals surface area contributed by atoms with Gasteiger partial charge >= 0.3 is 11.9 Å². The van der Waals surface area contributed by atoms with Crippen LogP contribution in [0.25, 0.3) is 0 Å². The zero-order chi connectivity index (χ0) is 30.2. The van der Waals surface area contributed by atoms with E-state index in [4.69, 9.17) is 21.9 Å². The standard InChI is InChI=1S/C30H35FN6O4S2/c1-3-41-29(40)24-23(33-26(27-32-9-12-43-27)34-25(24)21-5-4-6-22(31)17(21)2)16-35-10-11-36-20(14-35)15-37(30(36)42)19-8-7-18(13-19)28(38)39/h4-6,9,12,18-20,25H,3,7-8,10-11,13-16H2,1-2H3,(H,33,34)(H,38,39)/t18-,19?,20?,25+/m1/s1. The summed E-state index contributed by atoms with van der Waals surface area (Å²) in [6.07, 6.45) is 3.84. The molecule has 1 aromatic carbocycles. The van der Waals surface area contributed by atoms with Crippen molar-refractivity contribution in [3.63, 3.8) is 0 Å². The lowest BCUT2D eigenvalue weighted by molar-refractivity contribution is -0.141. The summed E-state index contributed by atoms with van der Waals surface area (Å²) in [7, 11) is 0. The molecule has 0 spiro atoms. The van der Waals surface area contributed by atoms with Crippen molar-refractivity contribution in [2.45, 2.75) is 51.2 Å². The number of carbonyl (C=O) groups is 2. The van der Waals surface area contributed by atoms with Gasteiger partial charge in [-0.15, -0.1) is 11.3 Å². The van der Waals surface area contributed by atoms with Gasteiger partial charge in [0.15, 0.2) is 16.0 Å². The number of carboxylic acid groups (broad SMARTS) is 1. The SMILES string of the molecule is CCOC(=O)C1=C(CN2CCN3C(=S)N(C4CC[C@@H](C(=O)O)C4)CC3C2)NC(c2nccs2)=N[C@H]1c1cccc(F)c1C. The predicted octanol–water partition coefficient (Wildman–Crippen LogP) is 3.34. The number of aliphatic imine (C=N–C) groups is 1. The van der Waals surface area contributed by atoms with Crippen molar-refractivity contribution < 1.29 is 23.8 Å². The molecular formula is C30H35FN6O4S2. The van der Waals surface area contributed by atoms with Crippen LogP contribution in [-0.4, -0.2) is 99.1 Å². The predicted molar refractivity (Wildman–Crippen MR) is 164 cm³/mol. The number of piperazine rings is 1. The average molecular weight is 627 g/mol. The van der Waals surface area contributed by atoms with Gasteiger partial charge in [-0.05, 0) is 62.5 Å². The Hall–Kier alpha value is -3.42. The highest BCUT2D eigenvalue weighted by Gasteiger charge is 2.44. The summed E-state index contributed by atoms with van der Waals surface area (Å²) in [5.74, 6) is -1.35. The van der Waals surface area contributed by atoms with Gasteiger partial charge in [0.25, 0.3) is 0 Å². The number of ether oxygens (including phenoxy) is 1. The number of aliphatic carboxylic acids is 1. The van der Waals surface area contributed by atoms with E-state index in [1.54, 1.807) is 32.2 Å². The number of fused-ring (bicyclic) bond motifs is 1. The first-order chi connectivity index (χ1) is 20.7. The summed E-state index contributed by atoms with van der Waals surface area (Å²) < 4.78 is 20.3. The van der Waals surface area contributed by atoms with Gasteiger partial charge in [-0.1, -0.05) is 12.1 Å². The number of amidine groups is 1. The molecule has 6 rings (SSSR count). The van der Waals surface area contributed by atoms with E-state index in [2.05, 4.69) is 25.0 Å². The largest absolute Gasteiger partial charge is 0.481 e. The normalized spacial score (nSPS) is 25.9. The second kappa shape index (κ2) is 12.3. The second-order valence-corrected chi connectivity index (χ2v) is 12.7. The van der Waals surface area contributed by atoms with E-state index < -0.39 is 18.0 Å². The van der Waals surface area contributed by atoms with Gasteiger partial charge in [0.1, 0.15) is 11.9 Å². The maximum Gasteiger partial charge on any atom is 0.338 e. The Morgan fingerprint density at radius 3 is 2.77 bits per heavy atom. The topological polar surface area (TPSA) is 111 Å². The Morgan fingerprint density at radius 2 is 2.05 bits per heavy atom. The van der Waals surface area contributed by atoms with Crippen molar-refractivity contribution in [3.8, 4) is 0 Å². The Kier molecular flexibility index (Phi) is 8.47. The molecule has 228 valence electrons. The first-order valence-electron chi connectivity index (χ1n) is 14.7. The van der Waals surface area contributed by atoms with Crippen molar-refractivity contribution in [2.24, 2.45) is 10.9 Å². The maximum atomic E-state index is 14.7. The number of nitrogens with zero attached hydrogens (tertiary/aromatic N) is 5. The summed E-state index contributed by atoms with van der Waals surface area (Å²) in [5, 5.41) is 16.2. The van der Waals surface area contributed by atoms with Gasteiger partial charge in [0.2, 0.25) is 0 Å². The fourth-order valence-corrected chi connectivity index (χ4v) is 7.75. The molecule has 2 unspecified atom stereocenters. The van der Waals surface area contributed by atoms with Gasteiger partial charge in [-0.25, -0.2) is 14.2 Å². The van der Waals surface area contributed by atoms with Crippen molar-refractivity contribution in [3.05, 3.63) is 63.0 Å². The molecule has 43 heavy (non-hydrogen) atoms. The van der Waals surface area contributed by atoms with Crippen LogP contribution in [0.15, 0.2) is 46.0 Å². The molecule has 0 bridgehead atoms. The van der Waals surface area contributed by atoms with Crippen molar-refractivity contribution in [1.82, 2.24) is 25.0 Å².